The first-order chi connectivity index (χ1) is 9.22. The average molecular weight is 286 g/mol. The lowest BCUT2D eigenvalue weighted by Crippen LogP contribution is -2.48. The van der Waals surface area contributed by atoms with Crippen molar-refractivity contribution >= 4 is 12.0 Å². The number of urea groups is 1. The van der Waals surface area contributed by atoms with Gasteiger partial charge in [0.1, 0.15) is 6.04 Å². The number of hydrogen-bond acceptors (Lipinski definition) is 2. The fourth-order valence-electron chi connectivity index (χ4n) is 2.02. The number of rotatable bonds is 9. The lowest BCUT2D eigenvalue weighted by atomic mass is 10.0. The summed E-state index contributed by atoms with van der Waals surface area (Å²) in [6.45, 7) is 10.2. The first-order valence-electron chi connectivity index (χ1n) is 7.52. The molecule has 2 amide bonds. The van der Waals surface area contributed by atoms with Crippen LogP contribution in [-0.4, -0.2) is 29.2 Å². The van der Waals surface area contributed by atoms with Gasteiger partial charge in [-0.1, -0.05) is 40.5 Å². The molecule has 0 saturated carbocycles. The van der Waals surface area contributed by atoms with Crippen molar-refractivity contribution in [3.63, 3.8) is 0 Å². The van der Waals surface area contributed by atoms with E-state index in [1.54, 1.807) is 0 Å². The normalized spacial score (nSPS) is 14.2. The second kappa shape index (κ2) is 9.61. The van der Waals surface area contributed by atoms with Gasteiger partial charge in [0.05, 0.1) is 0 Å². The first-order valence-corrected chi connectivity index (χ1v) is 7.52. The van der Waals surface area contributed by atoms with Gasteiger partial charge in [0.2, 0.25) is 0 Å². The van der Waals surface area contributed by atoms with Crippen LogP contribution in [0, 0.1) is 11.8 Å². The third-order valence-corrected chi connectivity index (χ3v) is 3.11. The summed E-state index contributed by atoms with van der Waals surface area (Å²) in [6, 6.07) is -1.16. The Bertz CT molecular complexity index is 303. The molecule has 0 aromatic heterocycles. The molecular formula is C15H30N2O3. The van der Waals surface area contributed by atoms with E-state index in [0.717, 1.165) is 19.3 Å². The average Bonchev–Trinajstić information content (AvgIpc) is 2.26. The van der Waals surface area contributed by atoms with Crippen molar-refractivity contribution in [3.8, 4) is 0 Å². The number of aliphatic carboxylic acids is 1. The van der Waals surface area contributed by atoms with Crippen molar-refractivity contribution in [1.82, 2.24) is 10.6 Å². The zero-order chi connectivity index (χ0) is 15.7. The van der Waals surface area contributed by atoms with Crippen molar-refractivity contribution < 1.29 is 14.7 Å². The second-order valence-corrected chi connectivity index (χ2v) is 6.36. The maximum Gasteiger partial charge on any atom is 0.326 e. The Hall–Kier alpha value is -1.26. The molecule has 0 aromatic carbocycles. The Labute approximate surface area is 122 Å². The highest BCUT2D eigenvalue weighted by Gasteiger charge is 2.21. The van der Waals surface area contributed by atoms with Gasteiger partial charge >= 0.3 is 12.0 Å². The van der Waals surface area contributed by atoms with Gasteiger partial charge in [0.15, 0.2) is 0 Å². The van der Waals surface area contributed by atoms with E-state index in [1.807, 2.05) is 20.8 Å². The number of amides is 2. The third-order valence-electron chi connectivity index (χ3n) is 3.11. The molecule has 0 fully saturated rings. The number of carboxylic acids is 1. The Morgan fingerprint density at radius 2 is 1.55 bits per heavy atom. The van der Waals surface area contributed by atoms with Gasteiger partial charge in [-0.05, 0) is 31.6 Å². The summed E-state index contributed by atoms with van der Waals surface area (Å²) in [5, 5.41) is 14.4. The molecule has 20 heavy (non-hydrogen) atoms. The molecule has 2 atom stereocenters. The molecule has 5 heteroatoms. The van der Waals surface area contributed by atoms with Crippen LogP contribution in [0.15, 0.2) is 0 Å². The summed E-state index contributed by atoms with van der Waals surface area (Å²) in [5.41, 5.74) is 0. The number of carbonyl (C=O) groups excluding carboxylic acids is 1. The zero-order valence-corrected chi connectivity index (χ0v) is 13.4. The largest absolute Gasteiger partial charge is 0.480 e. The number of carboxylic acid groups (broad SMARTS) is 1. The smallest absolute Gasteiger partial charge is 0.326 e. The maximum atomic E-state index is 11.8. The second-order valence-electron chi connectivity index (χ2n) is 6.36. The van der Waals surface area contributed by atoms with Crippen molar-refractivity contribution in [1.29, 1.82) is 0 Å². The minimum Gasteiger partial charge on any atom is -0.480 e. The van der Waals surface area contributed by atoms with E-state index in [0.29, 0.717) is 12.3 Å². The molecule has 0 aliphatic carbocycles. The number of carbonyl (C=O) groups is 2. The van der Waals surface area contributed by atoms with E-state index in [2.05, 4.69) is 24.5 Å². The van der Waals surface area contributed by atoms with Crippen molar-refractivity contribution in [3.05, 3.63) is 0 Å². The van der Waals surface area contributed by atoms with Crippen LogP contribution in [0.2, 0.25) is 0 Å². The van der Waals surface area contributed by atoms with Crippen molar-refractivity contribution in [2.45, 2.75) is 72.4 Å². The number of hydrogen-bond donors (Lipinski definition) is 3. The molecule has 0 aliphatic heterocycles. The Morgan fingerprint density at radius 3 is 2.00 bits per heavy atom. The predicted molar refractivity (Wildman–Crippen MR) is 80.7 cm³/mol. The molecule has 0 saturated heterocycles. The molecule has 0 spiro atoms. The highest BCUT2D eigenvalue weighted by Crippen LogP contribution is 2.08. The van der Waals surface area contributed by atoms with Crippen molar-refractivity contribution in [2.75, 3.05) is 0 Å². The molecule has 0 bridgehead atoms. The van der Waals surface area contributed by atoms with E-state index in [-0.39, 0.29) is 12.0 Å². The molecule has 0 aromatic rings. The quantitative estimate of drug-likeness (QED) is 0.609. The fourth-order valence-corrected chi connectivity index (χ4v) is 2.02. The summed E-state index contributed by atoms with van der Waals surface area (Å²) < 4.78 is 0. The van der Waals surface area contributed by atoms with Gasteiger partial charge in [-0.2, -0.15) is 0 Å². The third kappa shape index (κ3) is 9.64. The van der Waals surface area contributed by atoms with Gasteiger partial charge < -0.3 is 15.7 Å². The van der Waals surface area contributed by atoms with Gasteiger partial charge in [-0.3, -0.25) is 0 Å². The van der Waals surface area contributed by atoms with E-state index in [1.165, 1.54) is 0 Å². The standard InChI is InChI=1S/C15H30N2O3/c1-10(2)7-6-8-12(5)16-15(20)17-13(14(18)19)9-11(3)4/h10-13H,6-9H2,1-5H3,(H,18,19)(H2,16,17,20)/t12?,13-/m0/s1. The zero-order valence-electron chi connectivity index (χ0n) is 13.4. The molecule has 1 unspecified atom stereocenters. The SMILES string of the molecule is CC(C)CCCC(C)NC(=O)N[C@@H](CC(C)C)C(=O)O. The summed E-state index contributed by atoms with van der Waals surface area (Å²) in [5.74, 6) is -0.0976. The van der Waals surface area contributed by atoms with E-state index < -0.39 is 18.0 Å². The Balaban J connectivity index is 4.08. The Kier molecular flexibility index (Phi) is 9.01. The fraction of sp³-hybridized carbons (Fsp3) is 0.867. The van der Waals surface area contributed by atoms with Gasteiger partial charge in [-0.15, -0.1) is 0 Å². The van der Waals surface area contributed by atoms with Crippen LogP contribution in [0.1, 0.15) is 60.3 Å². The Morgan fingerprint density at radius 1 is 0.950 bits per heavy atom. The lowest BCUT2D eigenvalue weighted by Gasteiger charge is -2.19. The van der Waals surface area contributed by atoms with Gasteiger partial charge in [-0.25, -0.2) is 9.59 Å². The summed E-state index contributed by atoms with van der Waals surface area (Å²) in [6.07, 6.45) is 3.55. The van der Waals surface area contributed by atoms with Crippen LogP contribution in [0.25, 0.3) is 0 Å². The number of nitrogens with one attached hydrogen (secondary N) is 2. The minimum atomic E-state index is -0.985. The van der Waals surface area contributed by atoms with Crippen LogP contribution >= 0.6 is 0 Å². The molecule has 3 N–H and O–H groups in total. The molecule has 0 heterocycles. The van der Waals surface area contributed by atoms with Crippen molar-refractivity contribution in [2.24, 2.45) is 11.8 Å². The van der Waals surface area contributed by atoms with Crippen LogP contribution in [0.4, 0.5) is 4.79 Å². The van der Waals surface area contributed by atoms with Crippen LogP contribution in [0.5, 0.6) is 0 Å². The molecule has 118 valence electrons. The van der Waals surface area contributed by atoms with Gasteiger partial charge in [0, 0.05) is 6.04 Å². The van der Waals surface area contributed by atoms with Crippen LogP contribution < -0.4 is 10.6 Å². The highest BCUT2D eigenvalue weighted by atomic mass is 16.4. The van der Waals surface area contributed by atoms with E-state index >= 15 is 0 Å². The maximum absolute atomic E-state index is 11.8. The minimum absolute atomic E-state index is 0.0576. The molecule has 0 radical (unpaired) electrons. The summed E-state index contributed by atoms with van der Waals surface area (Å²) in [4.78, 5) is 22.8. The predicted octanol–water partition coefficient (Wildman–Crippen LogP) is 3.00. The van der Waals surface area contributed by atoms with Gasteiger partial charge in [0.25, 0.3) is 0 Å². The van der Waals surface area contributed by atoms with E-state index in [9.17, 15) is 9.59 Å². The van der Waals surface area contributed by atoms with Crippen LogP contribution in [0.3, 0.4) is 0 Å². The molecule has 0 aliphatic rings. The van der Waals surface area contributed by atoms with E-state index in [4.69, 9.17) is 5.11 Å². The molecule has 0 rings (SSSR count). The summed E-state index contributed by atoms with van der Waals surface area (Å²) in [7, 11) is 0. The molecule has 5 nitrogen and oxygen atoms in total. The monoisotopic (exact) mass is 286 g/mol. The first kappa shape index (κ1) is 18.7. The summed E-state index contributed by atoms with van der Waals surface area (Å²) >= 11 is 0. The lowest BCUT2D eigenvalue weighted by molar-refractivity contribution is -0.139. The highest BCUT2D eigenvalue weighted by molar-refractivity contribution is 5.82. The topological polar surface area (TPSA) is 78.4 Å². The van der Waals surface area contributed by atoms with Crippen LogP contribution in [-0.2, 0) is 4.79 Å². The molecular weight excluding hydrogens is 256 g/mol.